The molecule has 270 valence electrons. The normalized spacial score (nSPS) is 18.0. The number of carbonyl (C=O) groups excluding carboxylic acids is 1. The van der Waals surface area contributed by atoms with Gasteiger partial charge in [0.15, 0.2) is 5.84 Å². The average molecular weight is 776 g/mol. The van der Waals surface area contributed by atoms with Crippen molar-refractivity contribution in [3.8, 4) is 5.75 Å². The number of carbonyl (C=O) groups is 1. The van der Waals surface area contributed by atoms with E-state index >= 15 is 0 Å². The first kappa shape index (κ1) is 36.8. The van der Waals surface area contributed by atoms with Gasteiger partial charge in [-0.3, -0.25) is 4.79 Å². The van der Waals surface area contributed by atoms with Gasteiger partial charge >= 0.3 is 0 Å². The Balaban J connectivity index is 1.16. The fraction of sp³-hybridized carbons (Fsp3) is 0.324. The first-order chi connectivity index (χ1) is 24.2. The third-order valence-corrected chi connectivity index (χ3v) is 13.9. The van der Waals surface area contributed by atoms with Crippen LogP contribution in [0.2, 0.25) is 10.0 Å². The lowest BCUT2D eigenvalue weighted by atomic mass is 10.1. The van der Waals surface area contributed by atoms with Gasteiger partial charge in [-0.2, -0.15) is 8.61 Å². The Morgan fingerprint density at radius 3 is 2.37 bits per heavy atom. The number of hydrogen-bond donors (Lipinski definition) is 2. The van der Waals surface area contributed by atoms with Crippen LogP contribution in [-0.2, 0) is 31.4 Å². The number of piperazine rings is 1. The van der Waals surface area contributed by atoms with Crippen molar-refractivity contribution in [3.63, 3.8) is 0 Å². The van der Waals surface area contributed by atoms with Gasteiger partial charge in [-0.25, -0.2) is 21.8 Å². The summed E-state index contributed by atoms with van der Waals surface area (Å²) >= 11 is 13.3. The highest BCUT2D eigenvalue weighted by atomic mass is 35.5. The molecule has 13 nitrogen and oxygen atoms in total. The van der Waals surface area contributed by atoms with Crippen molar-refractivity contribution in [1.29, 1.82) is 0 Å². The lowest BCUT2D eigenvalue weighted by molar-refractivity contribution is -0.135. The van der Waals surface area contributed by atoms with Gasteiger partial charge in [-0.15, -0.1) is 0 Å². The summed E-state index contributed by atoms with van der Waals surface area (Å²) in [5, 5.41) is 12.8. The van der Waals surface area contributed by atoms with Gasteiger partial charge in [0.05, 0.1) is 9.92 Å². The number of para-hydroxylation sites is 1. The minimum Gasteiger partial charge on any atom is -0.487 e. The van der Waals surface area contributed by atoms with Crippen LogP contribution in [0.4, 0.5) is 0 Å². The number of sulfonamides is 2. The number of aryl methyl sites for hydroxylation is 2. The first-order valence-electron chi connectivity index (χ1n) is 16.1. The lowest BCUT2D eigenvalue weighted by Crippen LogP contribution is -2.55. The molecular formula is C34H36Cl2N6O7S2. The first-order valence-corrected chi connectivity index (χ1v) is 19.7. The van der Waals surface area contributed by atoms with Gasteiger partial charge in [-0.05, 0) is 80.8 Å². The van der Waals surface area contributed by atoms with Crippen LogP contribution >= 0.6 is 23.2 Å². The number of nitrogens with two attached hydrogens (primary N) is 1. The number of pyridine rings is 1. The Morgan fingerprint density at radius 2 is 1.69 bits per heavy atom. The summed E-state index contributed by atoms with van der Waals surface area (Å²) in [6, 6.07) is 14.9. The number of nitrogens with zero attached hydrogens (tertiary/aromatic N) is 5. The summed E-state index contributed by atoms with van der Waals surface area (Å²) in [5.41, 5.74) is 8.74. The van der Waals surface area contributed by atoms with Gasteiger partial charge in [0.1, 0.15) is 28.8 Å². The molecule has 0 saturated carbocycles. The molecule has 51 heavy (non-hydrogen) atoms. The second kappa shape index (κ2) is 14.6. The summed E-state index contributed by atoms with van der Waals surface area (Å²) in [4.78, 5) is 19.8. The number of amides is 1. The van der Waals surface area contributed by atoms with E-state index in [2.05, 4.69) is 10.1 Å². The second-order valence-electron chi connectivity index (χ2n) is 12.4. The molecule has 0 unspecified atom stereocenters. The van der Waals surface area contributed by atoms with E-state index < -0.39 is 32.0 Å². The zero-order valence-corrected chi connectivity index (χ0v) is 30.9. The van der Waals surface area contributed by atoms with Crippen LogP contribution in [0.5, 0.6) is 5.75 Å². The molecule has 2 fully saturated rings. The van der Waals surface area contributed by atoms with E-state index in [4.69, 9.17) is 38.9 Å². The van der Waals surface area contributed by atoms with E-state index in [1.54, 1.807) is 6.07 Å². The van der Waals surface area contributed by atoms with Crippen LogP contribution in [0.25, 0.3) is 10.9 Å². The van der Waals surface area contributed by atoms with Gasteiger partial charge in [-0.1, -0.05) is 40.5 Å². The monoisotopic (exact) mass is 774 g/mol. The smallest absolute Gasteiger partial charge is 0.245 e. The molecule has 6 rings (SSSR count). The summed E-state index contributed by atoms with van der Waals surface area (Å²) in [5.74, 6) is -0.0607. The SMILES string of the molecule is Cc1cc(C)c2cccc(OCc3c(Cl)ccc(S(=O)(=O)N4CCC[C@H]4C(=O)N4CCN(S(=O)(=O)c5ccc(C(N)=NO)cc5)CC4)c3Cl)c2n1. The summed E-state index contributed by atoms with van der Waals surface area (Å²) in [6.07, 6.45) is 0.761. The van der Waals surface area contributed by atoms with Crippen molar-refractivity contribution in [2.24, 2.45) is 10.9 Å². The van der Waals surface area contributed by atoms with Crippen LogP contribution in [0.15, 0.2) is 75.6 Å². The molecule has 1 amide bonds. The van der Waals surface area contributed by atoms with E-state index in [1.165, 1.54) is 49.9 Å². The molecule has 1 aromatic heterocycles. The molecular weight excluding hydrogens is 739 g/mol. The topological polar surface area (TPSA) is 176 Å². The van der Waals surface area contributed by atoms with Gasteiger partial charge in [0, 0.05) is 60.0 Å². The van der Waals surface area contributed by atoms with Crippen LogP contribution in [0, 0.1) is 13.8 Å². The quantitative estimate of drug-likeness (QED) is 0.107. The van der Waals surface area contributed by atoms with Gasteiger partial charge < -0.3 is 20.6 Å². The summed E-state index contributed by atoms with van der Waals surface area (Å²) in [6.45, 7) is 4.06. The average Bonchev–Trinajstić information content (AvgIpc) is 3.62. The molecule has 3 heterocycles. The zero-order valence-electron chi connectivity index (χ0n) is 27.8. The molecule has 3 N–H and O–H groups in total. The molecule has 1 atom stereocenters. The minimum atomic E-state index is -4.26. The highest BCUT2D eigenvalue weighted by Crippen LogP contribution is 2.37. The summed E-state index contributed by atoms with van der Waals surface area (Å²) < 4.78 is 63.4. The molecule has 2 aliphatic rings. The molecule has 2 saturated heterocycles. The van der Waals surface area contributed by atoms with Crippen molar-refractivity contribution in [1.82, 2.24) is 18.5 Å². The third-order valence-electron chi connectivity index (χ3n) is 9.18. The number of ether oxygens (including phenoxy) is 1. The number of rotatable bonds is 9. The highest BCUT2D eigenvalue weighted by molar-refractivity contribution is 7.89. The maximum Gasteiger partial charge on any atom is 0.245 e. The standard InChI is InChI=1S/C34H36Cl2N6O7S2/c1-21-19-22(2)38-32-25(21)5-3-7-29(32)49-20-26-27(35)12-13-30(31(26)36)51(47,48)42-14-4-6-28(42)34(43)40-15-17-41(18-16-40)50(45,46)24-10-8-23(9-11-24)33(37)39-44/h3,5,7-13,19,28,44H,4,6,14-18,20H2,1-2H3,(H2,37,39)/t28-/m0/s1. The number of fused-ring (bicyclic) bond motifs is 1. The van der Waals surface area contributed by atoms with Gasteiger partial charge in [0.2, 0.25) is 26.0 Å². The molecule has 0 bridgehead atoms. The number of oxime groups is 1. The van der Waals surface area contributed by atoms with Crippen molar-refractivity contribution in [2.75, 3.05) is 32.7 Å². The van der Waals surface area contributed by atoms with Crippen molar-refractivity contribution in [2.45, 2.75) is 49.1 Å². The maximum atomic E-state index is 14.1. The third kappa shape index (κ3) is 7.10. The summed E-state index contributed by atoms with van der Waals surface area (Å²) in [7, 11) is -8.16. The number of halogens is 2. The van der Waals surface area contributed by atoms with Crippen molar-refractivity contribution >= 4 is 65.9 Å². The molecule has 3 aromatic carbocycles. The lowest BCUT2D eigenvalue weighted by Gasteiger charge is -2.36. The number of benzene rings is 3. The molecule has 0 spiro atoms. The van der Waals surface area contributed by atoms with Crippen molar-refractivity contribution in [3.05, 3.63) is 93.1 Å². The highest BCUT2D eigenvalue weighted by Gasteiger charge is 2.43. The second-order valence-corrected chi connectivity index (χ2v) is 17.0. The van der Waals surface area contributed by atoms with Crippen LogP contribution in [0.1, 0.15) is 35.2 Å². The molecule has 2 aliphatic heterocycles. The number of hydrogen-bond acceptors (Lipinski definition) is 9. The Bertz CT molecular complexity index is 2250. The maximum absolute atomic E-state index is 14.1. The fourth-order valence-corrected chi connectivity index (χ4v) is 10.4. The predicted molar refractivity (Wildman–Crippen MR) is 193 cm³/mol. The van der Waals surface area contributed by atoms with Gasteiger partial charge in [0.25, 0.3) is 0 Å². The predicted octanol–water partition coefficient (Wildman–Crippen LogP) is 4.52. The molecule has 4 aromatic rings. The van der Waals surface area contributed by atoms with Crippen LogP contribution in [-0.4, -0.2) is 91.0 Å². The Kier molecular flexibility index (Phi) is 10.5. The van der Waals surface area contributed by atoms with Crippen LogP contribution in [0.3, 0.4) is 0 Å². The van der Waals surface area contributed by atoms with Crippen LogP contribution < -0.4 is 10.5 Å². The minimum absolute atomic E-state index is 0.0211. The van der Waals surface area contributed by atoms with E-state index in [-0.39, 0.29) is 70.6 Å². The molecule has 0 aliphatic carbocycles. The largest absolute Gasteiger partial charge is 0.487 e. The number of amidine groups is 1. The Labute approximate surface area is 306 Å². The Morgan fingerprint density at radius 1 is 0.980 bits per heavy atom. The fourth-order valence-electron chi connectivity index (χ4n) is 6.49. The molecule has 17 heteroatoms. The van der Waals surface area contributed by atoms with E-state index in [9.17, 15) is 21.6 Å². The zero-order chi connectivity index (χ0) is 36.7. The molecule has 0 radical (unpaired) electrons. The van der Waals surface area contributed by atoms with Crippen molar-refractivity contribution < 1.29 is 31.6 Å². The Hall–Kier alpha value is -3.99. The number of aromatic nitrogens is 1. The van der Waals surface area contributed by atoms with E-state index in [0.717, 1.165) is 16.6 Å². The van der Waals surface area contributed by atoms with E-state index in [1.807, 2.05) is 32.0 Å². The van der Waals surface area contributed by atoms with E-state index in [0.29, 0.717) is 29.7 Å².